The van der Waals surface area contributed by atoms with E-state index in [1.54, 1.807) is 6.92 Å². The fraction of sp³-hybridized carbons (Fsp3) is 0.750. The normalized spacial score (nSPS) is 29.4. The number of rotatable bonds is 0. The molecule has 1 aliphatic rings. The minimum Gasteiger partial charge on any atom is -0.358 e. The molecule has 0 aromatic rings. The smallest absolute Gasteiger partial charge is 0.269 e. The molecule has 0 fully saturated rings. The van der Waals surface area contributed by atoms with Gasteiger partial charge in [-0.3, -0.25) is 0 Å². The Hall–Kier alpha value is -0.600. The van der Waals surface area contributed by atoms with Crippen LogP contribution in [0.1, 0.15) is 13.3 Å². The maximum Gasteiger partial charge on any atom is 0.269 e. The summed E-state index contributed by atoms with van der Waals surface area (Å²) in [5, 5.41) is 3.36. The number of halogens is 1. The van der Waals surface area contributed by atoms with E-state index < -0.39 is 6.36 Å². The van der Waals surface area contributed by atoms with Crippen molar-refractivity contribution in [2.24, 2.45) is 5.16 Å². The van der Waals surface area contributed by atoms with Crippen molar-refractivity contribution < 1.29 is 9.23 Å². The zero-order valence-electron chi connectivity index (χ0n) is 4.02. The van der Waals surface area contributed by atoms with E-state index in [1.807, 2.05) is 0 Å². The van der Waals surface area contributed by atoms with Crippen LogP contribution in [0.4, 0.5) is 4.39 Å². The highest BCUT2D eigenvalue weighted by Gasteiger charge is 2.14. The van der Waals surface area contributed by atoms with Crippen molar-refractivity contribution in [2.45, 2.75) is 19.7 Å². The summed E-state index contributed by atoms with van der Waals surface area (Å²) in [7, 11) is 0. The third-order valence-corrected chi connectivity index (χ3v) is 0.779. The standard InChI is InChI=1S/C4H6FNO/c1-3-2-4(5)7-6-3/h4H,2H2,1H3. The lowest BCUT2D eigenvalue weighted by atomic mass is 10.3. The first-order chi connectivity index (χ1) is 3.29. The number of hydrogen-bond acceptors (Lipinski definition) is 2. The van der Waals surface area contributed by atoms with Crippen LogP contribution >= 0.6 is 0 Å². The fourth-order valence-electron chi connectivity index (χ4n) is 0.454. The predicted octanol–water partition coefficient (Wildman–Crippen LogP) is 1.08. The van der Waals surface area contributed by atoms with Crippen molar-refractivity contribution in [3.05, 3.63) is 0 Å². The second-order valence-electron chi connectivity index (χ2n) is 1.55. The van der Waals surface area contributed by atoms with Gasteiger partial charge in [0.25, 0.3) is 6.36 Å². The van der Waals surface area contributed by atoms with E-state index >= 15 is 0 Å². The summed E-state index contributed by atoms with van der Waals surface area (Å²) in [4.78, 5) is 4.19. The van der Waals surface area contributed by atoms with Crippen molar-refractivity contribution in [1.82, 2.24) is 0 Å². The van der Waals surface area contributed by atoms with Crippen molar-refractivity contribution in [2.75, 3.05) is 0 Å². The predicted molar refractivity (Wildman–Crippen MR) is 23.7 cm³/mol. The first-order valence-electron chi connectivity index (χ1n) is 2.12. The van der Waals surface area contributed by atoms with Gasteiger partial charge < -0.3 is 4.84 Å². The molecule has 0 N–H and O–H groups in total. The lowest BCUT2D eigenvalue weighted by Gasteiger charge is -1.89. The van der Waals surface area contributed by atoms with Crippen molar-refractivity contribution in [3.63, 3.8) is 0 Å². The first kappa shape index (κ1) is 4.56. The van der Waals surface area contributed by atoms with E-state index in [1.165, 1.54) is 0 Å². The van der Waals surface area contributed by atoms with E-state index in [-0.39, 0.29) is 0 Å². The van der Waals surface area contributed by atoms with Gasteiger partial charge >= 0.3 is 0 Å². The van der Waals surface area contributed by atoms with Gasteiger partial charge in [-0.15, -0.1) is 0 Å². The van der Waals surface area contributed by atoms with Crippen LogP contribution in [0.3, 0.4) is 0 Å². The number of alkyl halides is 1. The summed E-state index contributed by atoms with van der Waals surface area (Å²) in [6, 6.07) is 0. The minimum atomic E-state index is -1.18. The van der Waals surface area contributed by atoms with Crippen LogP contribution in [0.25, 0.3) is 0 Å². The second kappa shape index (κ2) is 1.48. The molecule has 0 amide bonds. The van der Waals surface area contributed by atoms with Crippen LogP contribution in [-0.4, -0.2) is 12.1 Å². The van der Waals surface area contributed by atoms with Gasteiger partial charge in [-0.25, -0.2) is 0 Å². The average molecular weight is 103 g/mol. The van der Waals surface area contributed by atoms with Crippen LogP contribution in [-0.2, 0) is 4.84 Å². The third kappa shape index (κ3) is 0.885. The quantitative estimate of drug-likeness (QED) is 0.449. The highest BCUT2D eigenvalue weighted by atomic mass is 19.1. The maximum atomic E-state index is 11.8. The molecule has 7 heavy (non-hydrogen) atoms. The topological polar surface area (TPSA) is 21.6 Å². The molecular weight excluding hydrogens is 97.0 g/mol. The van der Waals surface area contributed by atoms with Gasteiger partial charge in [0.05, 0.1) is 12.1 Å². The summed E-state index contributed by atoms with van der Waals surface area (Å²) >= 11 is 0. The zero-order chi connectivity index (χ0) is 5.28. The molecule has 0 bridgehead atoms. The molecule has 0 radical (unpaired) electrons. The molecule has 40 valence electrons. The summed E-state index contributed by atoms with van der Waals surface area (Å²) in [5.74, 6) is 0. The van der Waals surface area contributed by atoms with Gasteiger partial charge in [-0.2, -0.15) is 4.39 Å². The van der Waals surface area contributed by atoms with E-state index in [0.717, 1.165) is 5.71 Å². The molecule has 0 aliphatic carbocycles. The Labute approximate surface area is 41.0 Å². The van der Waals surface area contributed by atoms with Crippen LogP contribution < -0.4 is 0 Å². The fourth-order valence-corrected chi connectivity index (χ4v) is 0.454. The van der Waals surface area contributed by atoms with Gasteiger partial charge in [0.2, 0.25) is 0 Å². The Bertz CT molecular complexity index is 102. The second-order valence-corrected chi connectivity index (χ2v) is 1.55. The largest absolute Gasteiger partial charge is 0.358 e. The van der Waals surface area contributed by atoms with Gasteiger partial charge in [0, 0.05) is 0 Å². The molecular formula is C4H6FNO. The lowest BCUT2D eigenvalue weighted by molar-refractivity contribution is -0.0117. The van der Waals surface area contributed by atoms with E-state index in [2.05, 4.69) is 9.99 Å². The third-order valence-electron chi connectivity index (χ3n) is 0.779. The SMILES string of the molecule is CC1=NOC(F)C1. The van der Waals surface area contributed by atoms with Crippen molar-refractivity contribution in [1.29, 1.82) is 0 Å². The Morgan fingerprint density at radius 3 is 2.86 bits per heavy atom. The van der Waals surface area contributed by atoms with E-state index in [9.17, 15) is 4.39 Å². The molecule has 1 heterocycles. The molecule has 2 nitrogen and oxygen atoms in total. The maximum absolute atomic E-state index is 11.8. The van der Waals surface area contributed by atoms with Crippen molar-refractivity contribution in [3.8, 4) is 0 Å². The van der Waals surface area contributed by atoms with Crippen LogP contribution in [0, 0.1) is 0 Å². The summed E-state index contributed by atoms with van der Waals surface area (Å²) in [5.41, 5.74) is 0.729. The molecule has 0 spiro atoms. The number of oxime groups is 1. The van der Waals surface area contributed by atoms with Gasteiger partial charge in [-0.1, -0.05) is 5.16 Å². The Morgan fingerprint density at radius 2 is 2.71 bits per heavy atom. The highest BCUT2D eigenvalue weighted by Crippen LogP contribution is 2.09. The molecule has 1 aliphatic heterocycles. The van der Waals surface area contributed by atoms with Gasteiger partial charge in [0.1, 0.15) is 0 Å². The average Bonchev–Trinajstić information content (AvgIpc) is 1.87. The zero-order valence-corrected chi connectivity index (χ0v) is 4.02. The molecule has 1 atom stereocenters. The molecule has 0 aromatic heterocycles. The molecule has 0 aromatic carbocycles. The first-order valence-corrected chi connectivity index (χ1v) is 2.12. The Morgan fingerprint density at radius 1 is 2.00 bits per heavy atom. The minimum absolute atomic E-state index is 0.333. The molecule has 1 unspecified atom stereocenters. The van der Waals surface area contributed by atoms with Crippen LogP contribution in [0.2, 0.25) is 0 Å². The van der Waals surface area contributed by atoms with Crippen LogP contribution in [0.5, 0.6) is 0 Å². The van der Waals surface area contributed by atoms with E-state index in [4.69, 9.17) is 0 Å². The lowest BCUT2D eigenvalue weighted by Crippen LogP contribution is -1.95. The molecule has 1 rings (SSSR count). The highest BCUT2D eigenvalue weighted by molar-refractivity contribution is 5.82. The summed E-state index contributed by atoms with van der Waals surface area (Å²) in [6.45, 7) is 1.74. The Kier molecular flexibility index (Phi) is 0.964. The summed E-state index contributed by atoms with van der Waals surface area (Å²) in [6.07, 6.45) is -0.847. The number of hydrogen-bond donors (Lipinski definition) is 0. The molecule has 3 heteroatoms. The Balaban J connectivity index is 2.42. The van der Waals surface area contributed by atoms with Crippen molar-refractivity contribution >= 4 is 5.71 Å². The van der Waals surface area contributed by atoms with Gasteiger partial charge in [-0.05, 0) is 6.92 Å². The summed E-state index contributed by atoms with van der Waals surface area (Å²) < 4.78 is 11.8. The molecule has 0 saturated carbocycles. The molecule has 0 saturated heterocycles. The van der Waals surface area contributed by atoms with Gasteiger partial charge in [0.15, 0.2) is 0 Å². The van der Waals surface area contributed by atoms with E-state index in [0.29, 0.717) is 6.42 Å². The number of nitrogens with zero attached hydrogens (tertiary/aromatic N) is 1. The monoisotopic (exact) mass is 103 g/mol. The van der Waals surface area contributed by atoms with Crippen LogP contribution in [0.15, 0.2) is 5.16 Å².